The van der Waals surface area contributed by atoms with Crippen molar-refractivity contribution in [2.45, 2.75) is 38.6 Å². The number of aromatic nitrogens is 2. The van der Waals surface area contributed by atoms with E-state index in [2.05, 4.69) is 20.2 Å². The number of fused-ring (bicyclic) bond motifs is 1. The number of anilines is 2. The monoisotopic (exact) mass is 315 g/mol. The van der Waals surface area contributed by atoms with Gasteiger partial charge >= 0.3 is 0 Å². The van der Waals surface area contributed by atoms with Crippen molar-refractivity contribution in [1.29, 1.82) is 0 Å². The zero-order valence-electron chi connectivity index (χ0n) is 14.1. The van der Waals surface area contributed by atoms with E-state index in [1.54, 1.807) is 0 Å². The van der Waals surface area contributed by atoms with Crippen LogP contribution in [0.15, 0.2) is 16.5 Å². The number of aryl methyl sites for hydroxylation is 2. The van der Waals surface area contributed by atoms with Gasteiger partial charge in [-0.05, 0) is 58.8 Å². The molecule has 1 aliphatic rings. The zero-order chi connectivity index (χ0) is 16.4. The Morgan fingerprint density at radius 1 is 1.26 bits per heavy atom. The van der Waals surface area contributed by atoms with Crippen LogP contribution in [0.4, 0.5) is 11.8 Å². The lowest BCUT2D eigenvalue weighted by Gasteiger charge is -2.25. The molecule has 23 heavy (non-hydrogen) atoms. The van der Waals surface area contributed by atoms with Crippen molar-refractivity contribution in [3.05, 3.63) is 34.9 Å². The number of nitrogen functional groups attached to an aromatic ring is 1. The maximum atomic E-state index is 5.87. The van der Waals surface area contributed by atoms with Gasteiger partial charge in [-0.15, -0.1) is 0 Å². The molecule has 0 saturated heterocycles. The third-order valence-electron chi connectivity index (χ3n) is 4.38. The van der Waals surface area contributed by atoms with Gasteiger partial charge in [0.15, 0.2) is 0 Å². The summed E-state index contributed by atoms with van der Waals surface area (Å²) < 4.78 is 5.79. The molecule has 6 nitrogen and oxygen atoms in total. The molecule has 0 saturated carbocycles. The van der Waals surface area contributed by atoms with Gasteiger partial charge in [-0.25, -0.2) is 4.98 Å². The second-order valence-electron chi connectivity index (χ2n) is 6.37. The quantitative estimate of drug-likeness (QED) is 0.882. The van der Waals surface area contributed by atoms with E-state index in [1.165, 1.54) is 18.4 Å². The van der Waals surface area contributed by atoms with Crippen molar-refractivity contribution in [3.8, 4) is 0 Å². The molecule has 0 bridgehead atoms. The molecule has 2 aromatic heterocycles. The third-order valence-corrected chi connectivity index (χ3v) is 4.38. The van der Waals surface area contributed by atoms with Crippen molar-refractivity contribution in [2.75, 3.05) is 31.7 Å². The highest BCUT2D eigenvalue weighted by Crippen LogP contribution is 2.27. The van der Waals surface area contributed by atoms with E-state index < -0.39 is 0 Å². The predicted octanol–water partition coefficient (Wildman–Crippen LogP) is 2.55. The summed E-state index contributed by atoms with van der Waals surface area (Å²) in [4.78, 5) is 11.0. The molecular formula is C17H25N5O. The predicted molar refractivity (Wildman–Crippen MR) is 91.4 cm³/mol. The van der Waals surface area contributed by atoms with Gasteiger partial charge < -0.3 is 15.5 Å². The van der Waals surface area contributed by atoms with Crippen molar-refractivity contribution >= 4 is 11.8 Å². The molecule has 2 heterocycles. The van der Waals surface area contributed by atoms with Gasteiger partial charge in [0.2, 0.25) is 5.95 Å². The summed E-state index contributed by atoms with van der Waals surface area (Å²) in [5, 5.41) is 3.47. The summed E-state index contributed by atoms with van der Waals surface area (Å²) in [6.07, 6.45) is 4.37. The van der Waals surface area contributed by atoms with Crippen LogP contribution in [0, 0.1) is 6.92 Å². The van der Waals surface area contributed by atoms with E-state index in [0.29, 0.717) is 12.5 Å². The van der Waals surface area contributed by atoms with Gasteiger partial charge in [-0.1, -0.05) is 0 Å². The maximum absolute atomic E-state index is 5.87. The van der Waals surface area contributed by atoms with Gasteiger partial charge in [0.1, 0.15) is 17.3 Å². The second-order valence-corrected chi connectivity index (χ2v) is 6.37. The third kappa shape index (κ3) is 3.47. The Morgan fingerprint density at radius 3 is 2.74 bits per heavy atom. The number of nitrogens with zero attached hydrogens (tertiary/aromatic N) is 3. The molecule has 0 amide bonds. The van der Waals surface area contributed by atoms with Crippen molar-refractivity contribution in [2.24, 2.45) is 0 Å². The molecular weight excluding hydrogens is 290 g/mol. The summed E-state index contributed by atoms with van der Waals surface area (Å²) in [5.74, 6) is 3.11. The number of likely N-dealkylation sites (N-methyl/N-ethyl adjacent to an activating group) is 1. The van der Waals surface area contributed by atoms with E-state index in [4.69, 9.17) is 10.2 Å². The first kappa shape index (κ1) is 15.8. The molecule has 0 unspecified atom stereocenters. The van der Waals surface area contributed by atoms with E-state index in [9.17, 15) is 0 Å². The molecule has 0 spiro atoms. The molecule has 124 valence electrons. The van der Waals surface area contributed by atoms with E-state index in [0.717, 1.165) is 35.9 Å². The minimum atomic E-state index is 0.138. The lowest BCUT2D eigenvalue weighted by atomic mass is 9.96. The summed E-state index contributed by atoms with van der Waals surface area (Å²) >= 11 is 0. The van der Waals surface area contributed by atoms with Crippen LogP contribution < -0.4 is 11.1 Å². The Hall–Kier alpha value is -2.08. The molecule has 6 heteroatoms. The van der Waals surface area contributed by atoms with Crippen LogP contribution in [-0.2, 0) is 12.8 Å². The molecule has 0 radical (unpaired) electrons. The SMILES string of the molecule is Cc1ccc([C@@H](CNc2nc(N)nc3c2CCCC3)N(C)C)o1. The summed E-state index contributed by atoms with van der Waals surface area (Å²) in [6, 6.07) is 4.17. The number of furan rings is 1. The van der Waals surface area contributed by atoms with Gasteiger partial charge in [0.25, 0.3) is 0 Å². The Balaban J connectivity index is 1.80. The largest absolute Gasteiger partial charge is 0.465 e. The lowest BCUT2D eigenvalue weighted by Crippen LogP contribution is -2.27. The fraction of sp³-hybridized carbons (Fsp3) is 0.529. The highest BCUT2D eigenvalue weighted by molar-refractivity contribution is 5.50. The second kappa shape index (κ2) is 6.58. The van der Waals surface area contributed by atoms with Crippen LogP contribution in [0.1, 0.15) is 41.7 Å². The number of nitrogens with two attached hydrogens (primary N) is 1. The maximum Gasteiger partial charge on any atom is 0.222 e. The van der Waals surface area contributed by atoms with E-state index in [1.807, 2.05) is 33.2 Å². The first-order valence-corrected chi connectivity index (χ1v) is 8.16. The minimum absolute atomic E-state index is 0.138. The topological polar surface area (TPSA) is 80.2 Å². The molecule has 3 rings (SSSR count). The van der Waals surface area contributed by atoms with Gasteiger partial charge in [-0.3, -0.25) is 4.90 Å². The highest BCUT2D eigenvalue weighted by atomic mass is 16.3. The standard InChI is InChI=1S/C17H25N5O/c1-11-8-9-15(23-11)14(22(2)3)10-19-16-12-6-4-5-7-13(12)20-17(18)21-16/h8-9,14H,4-7,10H2,1-3H3,(H3,18,19,20,21)/t14-/m1/s1. The molecule has 1 atom stereocenters. The van der Waals surface area contributed by atoms with Crippen molar-refractivity contribution in [3.63, 3.8) is 0 Å². The van der Waals surface area contributed by atoms with Crippen molar-refractivity contribution in [1.82, 2.24) is 14.9 Å². The molecule has 0 fully saturated rings. The molecule has 2 aromatic rings. The van der Waals surface area contributed by atoms with Crippen LogP contribution in [0.3, 0.4) is 0 Å². The average Bonchev–Trinajstić information content (AvgIpc) is 2.93. The highest BCUT2D eigenvalue weighted by Gasteiger charge is 2.21. The van der Waals surface area contributed by atoms with Gasteiger partial charge in [-0.2, -0.15) is 4.98 Å². The number of hydrogen-bond donors (Lipinski definition) is 2. The molecule has 1 aliphatic carbocycles. The van der Waals surface area contributed by atoms with E-state index in [-0.39, 0.29) is 6.04 Å². The Bertz CT molecular complexity index is 680. The normalized spacial score (nSPS) is 15.5. The fourth-order valence-corrected chi connectivity index (χ4v) is 3.12. The summed E-state index contributed by atoms with van der Waals surface area (Å²) in [7, 11) is 4.10. The Labute approximate surface area is 137 Å². The fourth-order valence-electron chi connectivity index (χ4n) is 3.12. The van der Waals surface area contributed by atoms with Crippen molar-refractivity contribution < 1.29 is 4.42 Å². The van der Waals surface area contributed by atoms with Crippen LogP contribution in [0.5, 0.6) is 0 Å². The first-order chi connectivity index (χ1) is 11.0. The smallest absolute Gasteiger partial charge is 0.222 e. The van der Waals surface area contributed by atoms with E-state index >= 15 is 0 Å². The first-order valence-electron chi connectivity index (χ1n) is 8.16. The number of rotatable bonds is 5. The molecule has 3 N–H and O–H groups in total. The van der Waals surface area contributed by atoms with Gasteiger partial charge in [0, 0.05) is 12.1 Å². The molecule has 0 aliphatic heterocycles. The van der Waals surface area contributed by atoms with Crippen LogP contribution in [0.25, 0.3) is 0 Å². The number of hydrogen-bond acceptors (Lipinski definition) is 6. The number of nitrogens with one attached hydrogen (secondary N) is 1. The summed E-state index contributed by atoms with van der Waals surface area (Å²) in [6.45, 7) is 2.67. The van der Waals surface area contributed by atoms with Crippen LogP contribution >= 0.6 is 0 Å². The van der Waals surface area contributed by atoms with Gasteiger partial charge in [0.05, 0.1) is 11.7 Å². The Morgan fingerprint density at radius 2 is 2.04 bits per heavy atom. The minimum Gasteiger partial charge on any atom is -0.465 e. The van der Waals surface area contributed by atoms with Crippen LogP contribution in [0.2, 0.25) is 0 Å². The zero-order valence-corrected chi connectivity index (χ0v) is 14.1. The summed E-state index contributed by atoms with van der Waals surface area (Å²) in [5.41, 5.74) is 8.19. The Kier molecular flexibility index (Phi) is 4.52. The van der Waals surface area contributed by atoms with Crippen LogP contribution in [-0.4, -0.2) is 35.5 Å². The average molecular weight is 315 g/mol. The lowest BCUT2D eigenvalue weighted by molar-refractivity contribution is 0.266. The molecule has 0 aromatic carbocycles.